The van der Waals surface area contributed by atoms with Gasteiger partial charge in [0.1, 0.15) is 0 Å². The summed E-state index contributed by atoms with van der Waals surface area (Å²) in [7, 11) is 0. The van der Waals surface area contributed by atoms with Crippen LogP contribution in [0.25, 0.3) is 0 Å². The number of ether oxygens (including phenoxy) is 2. The predicted molar refractivity (Wildman–Crippen MR) is 70.1 cm³/mol. The van der Waals surface area contributed by atoms with Crippen molar-refractivity contribution in [2.45, 2.75) is 58.8 Å². The van der Waals surface area contributed by atoms with Gasteiger partial charge in [-0.15, -0.1) is 0 Å². The second-order valence-corrected chi connectivity index (χ2v) is 4.56. The van der Waals surface area contributed by atoms with Crippen molar-refractivity contribution in [3.8, 4) is 0 Å². The minimum atomic E-state index is -0.899. The highest BCUT2D eigenvalue weighted by molar-refractivity contribution is 5.69. The third kappa shape index (κ3) is 8.44. The fourth-order valence-electron chi connectivity index (χ4n) is 1.96. The van der Waals surface area contributed by atoms with E-state index in [9.17, 15) is 4.79 Å². The van der Waals surface area contributed by atoms with Gasteiger partial charge in [-0.1, -0.05) is 19.3 Å². The topological polar surface area (TPSA) is 81.8 Å². The lowest BCUT2D eigenvalue weighted by Gasteiger charge is -2.23. The van der Waals surface area contributed by atoms with E-state index in [1.165, 1.54) is 6.42 Å². The Balaban J connectivity index is 0.000000321. The predicted octanol–water partition coefficient (Wildman–Crippen LogP) is 2.34. The lowest BCUT2D eigenvalue weighted by Crippen LogP contribution is -2.42. The zero-order valence-corrected chi connectivity index (χ0v) is 11.8. The normalized spacial score (nSPS) is 16.9. The quantitative estimate of drug-likeness (QED) is 0.742. The molecular formula is C13H27NO4. The van der Waals surface area contributed by atoms with Crippen LogP contribution in [0.5, 0.6) is 0 Å². The van der Waals surface area contributed by atoms with E-state index >= 15 is 0 Å². The molecule has 5 nitrogen and oxygen atoms in total. The van der Waals surface area contributed by atoms with Gasteiger partial charge in [0.15, 0.2) is 0 Å². The third-order valence-electron chi connectivity index (χ3n) is 2.82. The summed E-state index contributed by atoms with van der Waals surface area (Å²) in [4.78, 5) is 10.4. The minimum absolute atomic E-state index is 0.0289. The number of rotatable bonds is 5. The molecule has 0 saturated heterocycles. The molecule has 0 heterocycles. The smallest absolute Gasteiger partial charge is 0.306 e. The van der Waals surface area contributed by atoms with Crippen LogP contribution in [0.2, 0.25) is 0 Å². The van der Waals surface area contributed by atoms with Gasteiger partial charge in [-0.3, -0.25) is 10.5 Å². The molecular weight excluding hydrogens is 234 g/mol. The molecule has 0 bridgehead atoms. The Morgan fingerprint density at radius 2 is 1.67 bits per heavy atom. The molecule has 0 unspecified atom stereocenters. The van der Waals surface area contributed by atoms with Gasteiger partial charge in [-0.05, 0) is 26.7 Å². The Hall–Kier alpha value is -0.650. The van der Waals surface area contributed by atoms with Gasteiger partial charge in [0.2, 0.25) is 5.91 Å². The van der Waals surface area contributed by atoms with E-state index < -0.39 is 11.9 Å². The first-order chi connectivity index (χ1) is 8.43. The zero-order valence-electron chi connectivity index (χ0n) is 11.8. The minimum Gasteiger partial charge on any atom is -0.481 e. The molecule has 1 aliphatic carbocycles. The van der Waals surface area contributed by atoms with Crippen LogP contribution >= 0.6 is 0 Å². The van der Waals surface area contributed by atoms with Crippen LogP contribution in [0.1, 0.15) is 52.9 Å². The molecule has 0 atom stereocenters. The van der Waals surface area contributed by atoms with Crippen LogP contribution in [0.4, 0.5) is 0 Å². The number of carbonyl (C=O) groups is 1. The maximum absolute atomic E-state index is 10.4. The van der Waals surface area contributed by atoms with Crippen LogP contribution in [-0.2, 0) is 14.3 Å². The summed E-state index contributed by atoms with van der Waals surface area (Å²) in [6.07, 6.45) is 5.24. The molecule has 18 heavy (non-hydrogen) atoms. The van der Waals surface area contributed by atoms with Crippen molar-refractivity contribution in [1.82, 2.24) is 0 Å². The summed E-state index contributed by atoms with van der Waals surface area (Å²) in [6, 6.07) is 0. The summed E-state index contributed by atoms with van der Waals surface area (Å²) >= 11 is 0. The Labute approximate surface area is 110 Å². The van der Waals surface area contributed by atoms with Gasteiger partial charge in [0.25, 0.3) is 0 Å². The van der Waals surface area contributed by atoms with Crippen molar-refractivity contribution in [2.75, 3.05) is 13.2 Å². The van der Waals surface area contributed by atoms with Crippen LogP contribution in [-0.4, -0.2) is 30.2 Å². The number of hydrogen-bond acceptors (Lipinski definition) is 4. The van der Waals surface area contributed by atoms with Gasteiger partial charge in [-0.25, -0.2) is 0 Å². The van der Waals surface area contributed by atoms with Crippen molar-refractivity contribution < 1.29 is 19.4 Å². The molecule has 1 fully saturated rings. The molecule has 0 aromatic rings. The Bertz CT molecular complexity index is 217. The van der Waals surface area contributed by atoms with E-state index in [1.54, 1.807) is 6.92 Å². The van der Waals surface area contributed by atoms with Crippen molar-refractivity contribution in [2.24, 2.45) is 11.7 Å². The fourth-order valence-corrected chi connectivity index (χ4v) is 1.96. The first-order valence-corrected chi connectivity index (χ1v) is 6.72. The Morgan fingerprint density at radius 3 is 1.94 bits per heavy atom. The summed E-state index contributed by atoms with van der Waals surface area (Å²) in [6.45, 7) is 6.61. The first-order valence-electron chi connectivity index (χ1n) is 6.72. The number of carboxylic acids is 1. The summed E-state index contributed by atoms with van der Waals surface area (Å²) in [5.74, 6) is -1.53. The average Bonchev–Trinajstić information content (AvgIpc) is 2.30. The maximum atomic E-state index is 10.4. The highest BCUT2D eigenvalue weighted by atomic mass is 16.7. The molecule has 108 valence electrons. The van der Waals surface area contributed by atoms with Gasteiger partial charge in [0.05, 0.1) is 5.92 Å². The molecule has 1 aliphatic rings. The fraction of sp³-hybridized carbons (Fsp3) is 0.923. The van der Waals surface area contributed by atoms with Crippen LogP contribution < -0.4 is 5.73 Å². The van der Waals surface area contributed by atoms with E-state index in [0.29, 0.717) is 13.2 Å². The molecule has 3 N–H and O–H groups in total. The summed E-state index contributed by atoms with van der Waals surface area (Å²) in [5.41, 5.74) is 5.49. The van der Waals surface area contributed by atoms with Gasteiger partial charge < -0.3 is 14.6 Å². The Kier molecular flexibility index (Phi) is 8.97. The number of carboxylic acid groups (broad SMARTS) is 1. The number of nitrogens with two attached hydrogens (primary N) is 1. The van der Waals surface area contributed by atoms with Gasteiger partial charge in [0, 0.05) is 20.1 Å². The Morgan fingerprint density at radius 1 is 1.22 bits per heavy atom. The number of hydrogen-bond donors (Lipinski definition) is 2. The highest BCUT2D eigenvalue weighted by Gasteiger charge is 2.19. The van der Waals surface area contributed by atoms with Crippen molar-refractivity contribution in [1.29, 1.82) is 0 Å². The SMILES string of the molecule is CCOC(C)(N)OCC.O=C(O)C1CCCCC1. The molecule has 1 rings (SSSR count). The van der Waals surface area contributed by atoms with Gasteiger partial charge >= 0.3 is 5.97 Å². The lowest BCUT2D eigenvalue weighted by atomic mass is 9.90. The molecule has 0 aromatic heterocycles. The summed E-state index contributed by atoms with van der Waals surface area (Å²) < 4.78 is 10.1. The van der Waals surface area contributed by atoms with E-state index in [2.05, 4.69) is 0 Å². The monoisotopic (exact) mass is 261 g/mol. The molecule has 0 amide bonds. The van der Waals surface area contributed by atoms with Crippen molar-refractivity contribution in [3.05, 3.63) is 0 Å². The second-order valence-electron chi connectivity index (χ2n) is 4.56. The van der Waals surface area contributed by atoms with E-state index in [-0.39, 0.29) is 5.92 Å². The molecule has 0 aliphatic heterocycles. The van der Waals surface area contributed by atoms with Crippen LogP contribution in [0.3, 0.4) is 0 Å². The second kappa shape index (κ2) is 9.30. The first kappa shape index (κ1) is 17.4. The number of aliphatic carboxylic acids is 1. The van der Waals surface area contributed by atoms with Crippen molar-refractivity contribution in [3.63, 3.8) is 0 Å². The molecule has 5 heteroatoms. The van der Waals surface area contributed by atoms with Gasteiger partial charge in [-0.2, -0.15) is 0 Å². The van der Waals surface area contributed by atoms with Crippen LogP contribution in [0, 0.1) is 5.92 Å². The highest BCUT2D eigenvalue weighted by Crippen LogP contribution is 2.23. The maximum Gasteiger partial charge on any atom is 0.306 e. The standard InChI is InChI=1S/C7H12O2.C6H15NO2/c8-7(9)6-4-2-1-3-5-6;1-4-8-6(3,7)9-5-2/h6H,1-5H2,(H,8,9);4-5,7H2,1-3H3. The van der Waals surface area contributed by atoms with E-state index in [1.807, 2.05) is 13.8 Å². The zero-order chi connectivity index (χ0) is 14.0. The largest absolute Gasteiger partial charge is 0.481 e. The average molecular weight is 261 g/mol. The molecule has 0 radical (unpaired) electrons. The summed E-state index contributed by atoms with van der Waals surface area (Å²) in [5, 5.41) is 8.54. The molecule has 0 aromatic carbocycles. The van der Waals surface area contributed by atoms with E-state index in [0.717, 1.165) is 25.7 Å². The van der Waals surface area contributed by atoms with E-state index in [4.69, 9.17) is 20.3 Å². The third-order valence-corrected chi connectivity index (χ3v) is 2.82. The van der Waals surface area contributed by atoms with Crippen molar-refractivity contribution >= 4 is 5.97 Å². The lowest BCUT2D eigenvalue weighted by molar-refractivity contribution is -0.216. The molecule has 1 saturated carbocycles. The van der Waals surface area contributed by atoms with Crippen LogP contribution in [0.15, 0.2) is 0 Å². The molecule has 0 spiro atoms.